The van der Waals surface area contributed by atoms with Gasteiger partial charge in [0.15, 0.2) is 0 Å². The maximum atomic E-state index is 5.07. The van der Waals surface area contributed by atoms with Crippen molar-refractivity contribution in [2.45, 2.75) is 6.42 Å². The Morgan fingerprint density at radius 3 is 2.34 bits per heavy atom. The number of para-hydroxylation sites is 2. The van der Waals surface area contributed by atoms with E-state index in [9.17, 15) is 0 Å². The lowest BCUT2D eigenvalue weighted by atomic mass is 9.98. The Morgan fingerprint density at radius 2 is 1.41 bits per heavy atom. The van der Waals surface area contributed by atoms with Crippen molar-refractivity contribution in [2.75, 3.05) is 0 Å². The molecule has 1 aliphatic rings. The van der Waals surface area contributed by atoms with Crippen molar-refractivity contribution in [3.63, 3.8) is 0 Å². The zero-order valence-corrected chi connectivity index (χ0v) is 21.9. The fourth-order valence-corrected chi connectivity index (χ4v) is 7.21. The van der Waals surface area contributed by atoms with E-state index in [0.29, 0.717) is 0 Å². The van der Waals surface area contributed by atoms with E-state index in [1.807, 2.05) is 30.9 Å². The maximum Gasteiger partial charge on any atom is 0.146 e. The molecule has 0 unspecified atom stereocenters. The number of rotatable bonds is 1. The monoisotopic (exact) mass is 523 g/mol. The van der Waals surface area contributed by atoms with Gasteiger partial charge in [0.1, 0.15) is 11.2 Å². The van der Waals surface area contributed by atoms with E-state index in [1.165, 1.54) is 55.1 Å². The summed E-state index contributed by atoms with van der Waals surface area (Å²) in [5.74, 6) is 0. The zero-order chi connectivity index (χ0) is 26.7. The maximum absolute atomic E-state index is 5.07. The highest BCUT2D eigenvalue weighted by molar-refractivity contribution is 6.17. The molecule has 5 nitrogen and oxygen atoms in total. The predicted molar refractivity (Wildman–Crippen MR) is 166 cm³/mol. The van der Waals surface area contributed by atoms with Crippen LogP contribution in [0.25, 0.3) is 77.0 Å². The largest absolute Gasteiger partial charge is 0.309 e. The van der Waals surface area contributed by atoms with Crippen LogP contribution in [0, 0.1) is 0 Å². The molecule has 9 aromatic rings. The third-order valence-electron chi connectivity index (χ3n) is 8.89. The number of hydrogen-bond donors (Lipinski definition) is 0. The van der Waals surface area contributed by atoms with Gasteiger partial charge in [-0.3, -0.25) is 14.4 Å². The number of hydrogen-bond acceptors (Lipinski definition) is 3. The second-order valence-corrected chi connectivity index (χ2v) is 10.9. The Hall–Kier alpha value is -5.55. The molecule has 41 heavy (non-hydrogen) atoms. The van der Waals surface area contributed by atoms with Crippen LogP contribution in [0.5, 0.6) is 0 Å². The van der Waals surface area contributed by atoms with Gasteiger partial charge < -0.3 is 4.57 Å². The van der Waals surface area contributed by atoms with Gasteiger partial charge >= 0.3 is 0 Å². The van der Waals surface area contributed by atoms with Crippen molar-refractivity contribution in [3.8, 4) is 16.8 Å². The Balaban J connectivity index is 1.31. The van der Waals surface area contributed by atoms with Gasteiger partial charge in [0.25, 0.3) is 0 Å². The summed E-state index contributed by atoms with van der Waals surface area (Å²) in [5, 5.41) is 6.10. The van der Waals surface area contributed by atoms with Crippen LogP contribution >= 0.6 is 0 Å². The Kier molecular flexibility index (Phi) is 3.92. The lowest BCUT2D eigenvalue weighted by Gasteiger charge is -2.11. The smallest absolute Gasteiger partial charge is 0.146 e. The van der Waals surface area contributed by atoms with Gasteiger partial charge in [0, 0.05) is 45.8 Å². The highest BCUT2D eigenvalue weighted by Crippen LogP contribution is 2.46. The van der Waals surface area contributed by atoms with Crippen LogP contribution in [0.3, 0.4) is 0 Å². The molecule has 4 aromatic carbocycles. The number of pyridine rings is 3. The number of benzene rings is 4. The van der Waals surface area contributed by atoms with Crippen molar-refractivity contribution in [1.29, 1.82) is 0 Å². The summed E-state index contributed by atoms with van der Waals surface area (Å²) in [7, 11) is 0. The average molecular weight is 524 g/mol. The van der Waals surface area contributed by atoms with Gasteiger partial charge in [-0.25, -0.2) is 4.98 Å². The predicted octanol–water partition coefficient (Wildman–Crippen LogP) is 8.25. The summed E-state index contributed by atoms with van der Waals surface area (Å²) in [5.41, 5.74) is 13.1. The van der Waals surface area contributed by atoms with Crippen LogP contribution in [0.4, 0.5) is 0 Å². The van der Waals surface area contributed by atoms with Crippen LogP contribution in [-0.4, -0.2) is 23.9 Å². The molecule has 5 heterocycles. The van der Waals surface area contributed by atoms with E-state index in [2.05, 4.69) is 104 Å². The van der Waals surface area contributed by atoms with Gasteiger partial charge in [-0.05, 0) is 82.6 Å². The van der Waals surface area contributed by atoms with Crippen molar-refractivity contribution in [3.05, 3.63) is 127 Å². The Morgan fingerprint density at radius 1 is 0.585 bits per heavy atom. The molecule has 0 fully saturated rings. The van der Waals surface area contributed by atoms with E-state index < -0.39 is 0 Å². The number of imidazole rings is 1. The minimum atomic E-state index is 0.889. The van der Waals surface area contributed by atoms with Crippen LogP contribution in [0.1, 0.15) is 11.1 Å². The highest BCUT2D eigenvalue weighted by atomic mass is 15.0. The molecule has 5 heteroatoms. The summed E-state index contributed by atoms with van der Waals surface area (Å²) in [6.45, 7) is 0. The standard InChI is InChI=1S/C36H21N5/c1-2-6-22(7-3-1)40-31-9-5-4-8-24(31)35-27-16-21-17-28-26(18-25(21)23(27)10-11-34(35)40)29-19-37-14-12-32(29)41-33-13-15-38-20-30(33)39-36(28)41/h1-15,17-20H,16H2. The fraction of sp³-hybridized carbons (Fsp3) is 0.0278. The van der Waals surface area contributed by atoms with Crippen LogP contribution in [-0.2, 0) is 6.42 Å². The molecule has 1 aliphatic carbocycles. The first kappa shape index (κ1) is 21.3. The summed E-state index contributed by atoms with van der Waals surface area (Å²) < 4.78 is 4.66. The molecule has 0 amide bonds. The quantitative estimate of drug-likeness (QED) is 0.204. The van der Waals surface area contributed by atoms with E-state index in [1.54, 1.807) is 0 Å². The molecular formula is C36H21N5. The first-order valence-corrected chi connectivity index (χ1v) is 13.9. The molecule has 0 saturated heterocycles. The Labute approximate surface area is 234 Å². The van der Waals surface area contributed by atoms with E-state index >= 15 is 0 Å². The number of nitrogens with zero attached hydrogens (tertiary/aromatic N) is 5. The van der Waals surface area contributed by atoms with Crippen molar-refractivity contribution >= 4 is 60.2 Å². The summed E-state index contributed by atoms with van der Waals surface area (Å²) in [6.07, 6.45) is 8.43. The molecule has 5 aromatic heterocycles. The van der Waals surface area contributed by atoms with E-state index in [-0.39, 0.29) is 0 Å². The molecule has 0 bridgehead atoms. The molecule has 0 N–H and O–H groups in total. The van der Waals surface area contributed by atoms with Gasteiger partial charge in [-0.2, -0.15) is 0 Å². The SMILES string of the molecule is c1ccc(-n2c3ccccc3c3c4c(ccc32)-c2cc3c5cnccc5n5c6ccncc6nc5c3cc2C4)cc1. The second-order valence-electron chi connectivity index (χ2n) is 10.9. The summed E-state index contributed by atoms with van der Waals surface area (Å²) in [6, 6.07) is 33.0. The van der Waals surface area contributed by atoms with Crippen molar-refractivity contribution in [1.82, 2.24) is 23.9 Å². The van der Waals surface area contributed by atoms with Crippen molar-refractivity contribution < 1.29 is 0 Å². The molecule has 0 spiro atoms. The lowest BCUT2D eigenvalue weighted by Crippen LogP contribution is -1.93. The number of fused-ring (bicyclic) bond motifs is 15. The molecule has 0 saturated carbocycles. The molecule has 0 atom stereocenters. The van der Waals surface area contributed by atoms with Crippen molar-refractivity contribution in [2.24, 2.45) is 0 Å². The lowest BCUT2D eigenvalue weighted by molar-refractivity contribution is 1.18. The molecule has 10 rings (SSSR count). The second kappa shape index (κ2) is 7.55. The minimum absolute atomic E-state index is 0.889. The first-order chi connectivity index (χ1) is 20.3. The van der Waals surface area contributed by atoms with E-state index in [4.69, 9.17) is 4.98 Å². The van der Waals surface area contributed by atoms with Gasteiger partial charge in [-0.15, -0.1) is 0 Å². The van der Waals surface area contributed by atoms with Crippen LogP contribution in [0.15, 0.2) is 116 Å². The van der Waals surface area contributed by atoms with Gasteiger partial charge in [0.05, 0.1) is 28.3 Å². The normalized spacial score (nSPS) is 12.8. The summed E-state index contributed by atoms with van der Waals surface area (Å²) >= 11 is 0. The van der Waals surface area contributed by atoms with Gasteiger partial charge in [0.2, 0.25) is 0 Å². The topological polar surface area (TPSA) is 48.0 Å². The van der Waals surface area contributed by atoms with Gasteiger partial charge in [-0.1, -0.05) is 42.5 Å². The van der Waals surface area contributed by atoms with Crippen LogP contribution in [0.2, 0.25) is 0 Å². The fourth-order valence-electron chi connectivity index (χ4n) is 7.21. The molecule has 0 radical (unpaired) electrons. The average Bonchev–Trinajstić information content (AvgIpc) is 3.70. The third-order valence-corrected chi connectivity index (χ3v) is 8.89. The van der Waals surface area contributed by atoms with E-state index in [0.717, 1.165) is 39.4 Å². The number of aromatic nitrogens is 5. The zero-order valence-electron chi connectivity index (χ0n) is 21.9. The third kappa shape index (κ3) is 2.68. The highest BCUT2D eigenvalue weighted by Gasteiger charge is 2.26. The molecular weight excluding hydrogens is 502 g/mol. The summed E-state index contributed by atoms with van der Waals surface area (Å²) in [4.78, 5) is 13.9. The Bertz CT molecular complexity index is 2550. The molecule has 0 aliphatic heterocycles. The van der Waals surface area contributed by atoms with Crippen LogP contribution < -0.4 is 0 Å². The minimum Gasteiger partial charge on any atom is -0.309 e. The molecule has 190 valence electrons. The first-order valence-electron chi connectivity index (χ1n) is 13.9.